The first-order valence-corrected chi connectivity index (χ1v) is 8.26. The zero-order valence-corrected chi connectivity index (χ0v) is 13.9. The van der Waals surface area contributed by atoms with Gasteiger partial charge in [-0.15, -0.1) is 0 Å². The molecule has 0 radical (unpaired) electrons. The molecule has 2 rings (SSSR count). The second-order valence-electron chi connectivity index (χ2n) is 4.14. The summed E-state index contributed by atoms with van der Waals surface area (Å²) in [4.78, 5) is 0.543. The van der Waals surface area contributed by atoms with E-state index < -0.39 is 10.8 Å². The van der Waals surface area contributed by atoms with Crippen LogP contribution in [0.2, 0.25) is 5.02 Å². The molecule has 0 saturated heterocycles. The third kappa shape index (κ3) is 3.53. The second kappa shape index (κ2) is 6.61. The largest absolute Gasteiger partial charge is 0.497 e. The number of hydrogen-bond donors (Lipinski definition) is 1. The zero-order chi connectivity index (χ0) is 14.7. The number of ether oxygens (including phenoxy) is 1. The molecule has 20 heavy (non-hydrogen) atoms. The molecule has 0 amide bonds. The van der Waals surface area contributed by atoms with E-state index in [4.69, 9.17) is 22.1 Å². The van der Waals surface area contributed by atoms with Gasteiger partial charge in [0.25, 0.3) is 0 Å². The van der Waals surface area contributed by atoms with E-state index in [1.54, 1.807) is 25.3 Å². The number of nitrogen functional groups attached to an aromatic ring is 1. The maximum atomic E-state index is 12.4. The van der Waals surface area contributed by atoms with Crippen molar-refractivity contribution in [2.75, 3.05) is 12.8 Å². The molecule has 0 saturated carbocycles. The number of nitrogens with two attached hydrogens (primary N) is 1. The third-order valence-electron chi connectivity index (χ3n) is 2.74. The summed E-state index contributed by atoms with van der Waals surface area (Å²) < 4.78 is 18.5. The fourth-order valence-corrected chi connectivity index (χ4v) is 3.88. The average Bonchev–Trinajstić information content (AvgIpc) is 2.43. The Labute approximate surface area is 133 Å². The van der Waals surface area contributed by atoms with Gasteiger partial charge in [0, 0.05) is 10.2 Å². The second-order valence-corrected chi connectivity index (χ2v) is 6.82. The number of anilines is 1. The molecular weight excluding hydrogens is 362 g/mol. The van der Waals surface area contributed by atoms with Crippen molar-refractivity contribution in [3.8, 4) is 5.75 Å². The molecule has 3 nitrogen and oxygen atoms in total. The number of rotatable bonds is 4. The highest BCUT2D eigenvalue weighted by Gasteiger charge is 2.12. The fraction of sp³-hybridized carbons (Fsp3) is 0.143. The molecule has 6 heteroatoms. The van der Waals surface area contributed by atoms with E-state index >= 15 is 0 Å². The van der Waals surface area contributed by atoms with Crippen LogP contribution in [-0.2, 0) is 16.6 Å². The van der Waals surface area contributed by atoms with Gasteiger partial charge in [-0.1, -0.05) is 27.5 Å². The van der Waals surface area contributed by atoms with Gasteiger partial charge in [0.2, 0.25) is 0 Å². The summed E-state index contributed by atoms with van der Waals surface area (Å²) in [7, 11) is 0.322. The Hall–Kier alpha value is -1.04. The van der Waals surface area contributed by atoms with E-state index in [-0.39, 0.29) is 0 Å². The Kier molecular flexibility index (Phi) is 5.07. The van der Waals surface area contributed by atoms with Crippen molar-refractivity contribution >= 4 is 44.0 Å². The van der Waals surface area contributed by atoms with Gasteiger partial charge in [-0.25, -0.2) is 0 Å². The lowest BCUT2D eigenvalue weighted by Gasteiger charge is -2.09. The maximum absolute atomic E-state index is 12.4. The van der Waals surface area contributed by atoms with E-state index in [1.807, 2.05) is 18.2 Å². The van der Waals surface area contributed by atoms with Crippen molar-refractivity contribution < 1.29 is 8.95 Å². The molecule has 0 aliphatic heterocycles. The van der Waals surface area contributed by atoms with E-state index in [0.717, 1.165) is 15.8 Å². The van der Waals surface area contributed by atoms with Crippen molar-refractivity contribution in [1.29, 1.82) is 0 Å². The Morgan fingerprint density at radius 1 is 1.30 bits per heavy atom. The van der Waals surface area contributed by atoms with Gasteiger partial charge in [-0.2, -0.15) is 0 Å². The van der Waals surface area contributed by atoms with Crippen LogP contribution in [0.4, 0.5) is 5.69 Å². The topological polar surface area (TPSA) is 52.3 Å². The van der Waals surface area contributed by atoms with Crippen molar-refractivity contribution in [2.45, 2.75) is 10.6 Å². The molecule has 0 fully saturated rings. The van der Waals surface area contributed by atoms with Crippen LogP contribution in [0.25, 0.3) is 0 Å². The predicted molar refractivity (Wildman–Crippen MR) is 86.7 cm³/mol. The van der Waals surface area contributed by atoms with Gasteiger partial charge in [0.15, 0.2) is 0 Å². The smallest absolute Gasteiger partial charge is 0.119 e. The summed E-state index contributed by atoms with van der Waals surface area (Å²) in [5.74, 6) is 1.06. The first-order valence-electron chi connectivity index (χ1n) is 5.77. The quantitative estimate of drug-likeness (QED) is 0.823. The van der Waals surface area contributed by atoms with Gasteiger partial charge in [0.1, 0.15) is 5.75 Å². The average molecular weight is 375 g/mol. The summed E-state index contributed by atoms with van der Waals surface area (Å²) >= 11 is 9.52. The molecule has 0 heterocycles. The van der Waals surface area contributed by atoms with E-state index in [0.29, 0.717) is 21.4 Å². The minimum absolute atomic E-state index is 0.334. The Bertz CT molecular complexity index is 664. The zero-order valence-electron chi connectivity index (χ0n) is 10.7. The van der Waals surface area contributed by atoms with Crippen LogP contribution in [-0.4, -0.2) is 11.3 Å². The van der Waals surface area contributed by atoms with Gasteiger partial charge in [-0.05, 0) is 42.0 Å². The fourth-order valence-electron chi connectivity index (χ4n) is 1.70. The molecule has 2 N–H and O–H groups in total. The highest BCUT2D eigenvalue weighted by molar-refractivity contribution is 9.10. The summed E-state index contributed by atoms with van der Waals surface area (Å²) in [6.07, 6.45) is 0. The van der Waals surface area contributed by atoms with Gasteiger partial charge in [0.05, 0.1) is 33.6 Å². The highest BCUT2D eigenvalue weighted by Crippen LogP contribution is 2.28. The van der Waals surface area contributed by atoms with Crippen LogP contribution in [0.5, 0.6) is 5.75 Å². The van der Waals surface area contributed by atoms with Gasteiger partial charge >= 0.3 is 0 Å². The van der Waals surface area contributed by atoms with Crippen LogP contribution in [0.3, 0.4) is 0 Å². The van der Waals surface area contributed by atoms with E-state index in [9.17, 15) is 4.21 Å². The molecule has 0 aliphatic rings. The molecule has 2 aromatic rings. The van der Waals surface area contributed by atoms with Crippen molar-refractivity contribution in [2.24, 2.45) is 0 Å². The predicted octanol–water partition coefficient (Wildman–Crippen LogP) is 4.00. The third-order valence-corrected chi connectivity index (χ3v) is 5.36. The van der Waals surface area contributed by atoms with Crippen molar-refractivity contribution in [3.05, 3.63) is 51.5 Å². The molecule has 0 bridgehead atoms. The molecule has 0 aromatic heterocycles. The number of halogens is 2. The van der Waals surface area contributed by atoms with Gasteiger partial charge < -0.3 is 10.5 Å². The van der Waals surface area contributed by atoms with Crippen molar-refractivity contribution in [1.82, 2.24) is 0 Å². The van der Waals surface area contributed by atoms with Crippen LogP contribution in [0, 0.1) is 0 Å². The standard InChI is InChI=1S/C14H13BrClNO2S/c1-19-11-3-4-12(15)9(6-11)8-20(18)14-7-10(17)2-5-13(14)16/h2-7H,8,17H2,1H3. The minimum atomic E-state index is -1.27. The van der Waals surface area contributed by atoms with Gasteiger partial charge in [-0.3, -0.25) is 4.21 Å². The van der Waals surface area contributed by atoms with E-state index in [2.05, 4.69) is 15.9 Å². The number of hydrogen-bond acceptors (Lipinski definition) is 3. The maximum Gasteiger partial charge on any atom is 0.119 e. The molecular formula is C14H13BrClNO2S. The first-order chi connectivity index (χ1) is 9.51. The van der Waals surface area contributed by atoms with Crippen LogP contribution in [0.1, 0.15) is 5.56 Å². The minimum Gasteiger partial charge on any atom is -0.497 e. The Morgan fingerprint density at radius 3 is 2.75 bits per heavy atom. The molecule has 106 valence electrons. The molecule has 1 atom stereocenters. The normalized spacial score (nSPS) is 12.2. The molecule has 1 unspecified atom stereocenters. The van der Waals surface area contributed by atoms with Crippen LogP contribution >= 0.6 is 27.5 Å². The molecule has 2 aromatic carbocycles. The molecule has 0 aliphatic carbocycles. The number of methoxy groups -OCH3 is 1. The first kappa shape index (κ1) is 15.4. The summed E-state index contributed by atoms with van der Waals surface area (Å²) in [5, 5.41) is 0.455. The SMILES string of the molecule is COc1ccc(Br)c(CS(=O)c2cc(N)ccc2Cl)c1. The molecule has 0 spiro atoms. The van der Waals surface area contributed by atoms with E-state index in [1.165, 1.54) is 0 Å². The van der Waals surface area contributed by atoms with Crippen molar-refractivity contribution in [3.63, 3.8) is 0 Å². The number of benzene rings is 2. The summed E-state index contributed by atoms with van der Waals surface area (Å²) in [5.41, 5.74) is 7.15. The summed E-state index contributed by atoms with van der Waals surface area (Å²) in [6.45, 7) is 0. The Balaban J connectivity index is 2.30. The lowest BCUT2D eigenvalue weighted by atomic mass is 10.2. The van der Waals surface area contributed by atoms with Crippen LogP contribution < -0.4 is 10.5 Å². The lowest BCUT2D eigenvalue weighted by Crippen LogP contribution is -2.00. The lowest BCUT2D eigenvalue weighted by molar-refractivity contribution is 0.414. The Morgan fingerprint density at radius 2 is 2.05 bits per heavy atom. The monoisotopic (exact) mass is 373 g/mol. The van der Waals surface area contributed by atoms with Crippen LogP contribution in [0.15, 0.2) is 45.8 Å². The summed E-state index contributed by atoms with van der Waals surface area (Å²) in [6, 6.07) is 10.5. The highest BCUT2D eigenvalue weighted by atomic mass is 79.9.